The molecule has 512 valence electrons. The second-order valence-electron chi connectivity index (χ2n) is 24.0. The molecule has 5 heterocycles. The number of aromatic nitrogens is 4. The molecule has 9 rings (SSSR count). The van der Waals surface area contributed by atoms with Crippen LogP contribution in [0.15, 0.2) is 110 Å². The first-order valence-corrected chi connectivity index (χ1v) is 33.4. The molecule has 31 heteroatoms. The molecule has 97 heavy (non-hydrogen) atoms. The van der Waals surface area contributed by atoms with Crippen molar-refractivity contribution in [2.45, 2.75) is 125 Å². The lowest BCUT2D eigenvalue weighted by molar-refractivity contribution is -0.147. The van der Waals surface area contributed by atoms with E-state index in [1.165, 1.54) is 122 Å². The Balaban J connectivity index is 1.05. The monoisotopic (exact) mass is 1370 g/mol. The molecular weight excluding hydrogens is 1300 g/mol. The smallest absolute Gasteiger partial charge is 0.305 e. The first kappa shape index (κ1) is 71.0. The Bertz CT molecular complexity index is 4080. The lowest BCUT2D eigenvalue weighted by Gasteiger charge is -2.37. The van der Waals surface area contributed by atoms with Gasteiger partial charge in [-0.25, -0.2) is 13.8 Å². The standard InChI is InChI=1S/C66H74F2N14O13S2/c1-35-59(89)73-30-56(85)76-49(21-39-27-71-47-13-9-41(67)23-45(39)47)60(90)77-50(22-40-28-72-48-14-10-42(68)24-46(40)48)61(91)79-52(26-57(86)87)63(93)78-51(25-43-29-70-34-74-43)62(92)80-53(20-36-7-11-44(83)12-8-36)64(94)82-17-4-16-66(82,2)65(95)81-54(58(69)88)33-97-32-38-6-3-5-37(19-38)31-96-18-15-55(84)75-35/h3,5-14,19,23-24,27-29,34-35,49-54,71-72,83H,4,15-18,20-22,25-26,30-33H2,1-2H3,(H2,69,88)(H,70,74)(H,73,89)(H,75,84)(H,76,85)(H,77,90)(H,78,93)(H,79,91)(H,80,92)(H,81,95)(H,86,87)/t35-,49+,50+,51+,52+,53+,54+,66+/m1/s1. The van der Waals surface area contributed by atoms with Crippen LogP contribution in [0.4, 0.5) is 8.78 Å². The van der Waals surface area contributed by atoms with E-state index >= 15 is 4.79 Å². The molecule has 1 saturated heterocycles. The summed E-state index contributed by atoms with van der Waals surface area (Å²) in [5, 5.41) is 41.7. The van der Waals surface area contributed by atoms with Crippen LogP contribution in [-0.2, 0) is 89.9 Å². The third-order valence-corrected chi connectivity index (χ3v) is 18.9. The predicted octanol–water partition coefficient (Wildman–Crippen LogP) is 2.07. The number of hydrogen-bond acceptors (Lipinski definition) is 15. The third kappa shape index (κ3) is 19.0. The van der Waals surface area contributed by atoms with Crippen molar-refractivity contribution in [1.82, 2.24) is 67.4 Å². The van der Waals surface area contributed by atoms with Gasteiger partial charge >= 0.3 is 5.97 Å². The van der Waals surface area contributed by atoms with Crippen molar-refractivity contribution in [3.8, 4) is 5.75 Å². The van der Waals surface area contributed by atoms with Crippen LogP contribution in [0.1, 0.15) is 73.0 Å². The number of amides is 10. The summed E-state index contributed by atoms with van der Waals surface area (Å²) in [6.45, 7) is 2.21. The van der Waals surface area contributed by atoms with E-state index in [9.17, 15) is 66.9 Å². The molecule has 7 aromatic rings. The molecule has 0 saturated carbocycles. The van der Waals surface area contributed by atoms with Gasteiger partial charge in [0.1, 0.15) is 65.2 Å². The average Bonchev–Trinajstić information content (AvgIpc) is 1.70. The van der Waals surface area contributed by atoms with Crippen molar-refractivity contribution in [2.75, 3.05) is 24.6 Å². The summed E-state index contributed by atoms with van der Waals surface area (Å²) in [7, 11) is 0. The van der Waals surface area contributed by atoms with Crippen molar-refractivity contribution in [3.05, 3.63) is 155 Å². The van der Waals surface area contributed by atoms with E-state index in [4.69, 9.17) is 5.73 Å². The van der Waals surface area contributed by atoms with Gasteiger partial charge in [0.15, 0.2) is 0 Å². The number of thioether (sulfide) groups is 2. The fourth-order valence-electron chi connectivity index (χ4n) is 11.5. The molecule has 0 spiro atoms. The molecule has 0 aliphatic carbocycles. The minimum Gasteiger partial charge on any atom is -0.508 e. The van der Waals surface area contributed by atoms with Crippen molar-refractivity contribution in [3.63, 3.8) is 0 Å². The third-order valence-electron chi connectivity index (χ3n) is 16.7. The van der Waals surface area contributed by atoms with Gasteiger partial charge in [0, 0.05) is 108 Å². The van der Waals surface area contributed by atoms with Crippen LogP contribution in [0.5, 0.6) is 5.75 Å². The average molecular weight is 1370 g/mol. The number of fused-ring (bicyclic) bond motifs is 5. The molecule has 8 atom stereocenters. The minimum atomic E-state index is -2.04. The van der Waals surface area contributed by atoms with E-state index in [-0.39, 0.29) is 66.8 Å². The summed E-state index contributed by atoms with van der Waals surface area (Å²) in [6, 6.07) is 9.97. The SMILES string of the molecule is C[C@H]1NC(=O)CCSCc2cccc(c2)CSC[C@@H](C(N)=O)NC(=O)[C@]2(C)CCCN2C(=O)[C@H](Cc2ccc(O)cc2)NC(=O)[C@H](Cc2cnc[nH]2)NC(=O)[C@H](CC(=O)O)NC(=O)[C@H](Cc2c[nH]c3ccc(F)cc23)NC(=O)[C@H](Cc2c[nH]c3ccc(F)cc23)NC(=O)CNC1=O. The number of halogens is 2. The summed E-state index contributed by atoms with van der Waals surface area (Å²) < 4.78 is 29.7. The highest BCUT2D eigenvalue weighted by Gasteiger charge is 2.48. The van der Waals surface area contributed by atoms with Gasteiger partial charge in [0.25, 0.3) is 0 Å². The normalized spacial score (nSPS) is 23.2. The highest BCUT2D eigenvalue weighted by Crippen LogP contribution is 2.32. The molecule has 3 aromatic heterocycles. The van der Waals surface area contributed by atoms with E-state index in [1.54, 1.807) is 0 Å². The molecule has 2 bridgehead atoms. The Morgan fingerprint density at radius 1 is 0.660 bits per heavy atom. The largest absolute Gasteiger partial charge is 0.508 e. The number of H-pyrrole nitrogens is 3. The number of aromatic hydroxyl groups is 1. The van der Waals surface area contributed by atoms with Gasteiger partial charge < -0.3 is 78.3 Å². The molecular formula is C66H74F2N14O13S2. The minimum absolute atomic E-state index is 0.0182. The van der Waals surface area contributed by atoms with Crippen LogP contribution in [0.3, 0.4) is 0 Å². The molecule has 2 aliphatic rings. The number of phenols is 1. The van der Waals surface area contributed by atoms with E-state index < -0.39 is 144 Å². The number of rotatable bonds is 11. The first-order valence-electron chi connectivity index (χ1n) is 31.1. The maximum absolute atomic E-state index is 15.2. The number of nitrogens with one attached hydrogen (secondary N) is 11. The molecule has 4 aromatic carbocycles. The summed E-state index contributed by atoms with van der Waals surface area (Å²) in [5.74, 6) is -10.7. The number of nitrogens with two attached hydrogens (primary N) is 1. The van der Waals surface area contributed by atoms with Crippen LogP contribution in [0.25, 0.3) is 21.8 Å². The van der Waals surface area contributed by atoms with Gasteiger partial charge in [-0.3, -0.25) is 52.7 Å². The second-order valence-corrected chi connectivity index (χ2v) is 26.1. The van der Waals surface area contributed by atoms with Crippen LogP contribution >= 0.6 is 23.5 Å². The quantitative estimate of drug-likeness (QED) is 0.0881. The Morgan fingerprint density at radius 2 is 1.24 bits per heavy atom. The van der Waals surface area contributed by atoms with Gasteiger partial charge in [-0.05, 0) is 103 Å². The van der Waals surface area contributed by atoms with E-state index in [1.807, 2.05) is 24.3 Å². The molecule has 27 nitrogen and oxygen atoms in total. The van der Waals surface area contributed by atoms with E-state index in [0.29, 0.717) is 51.2 Å². The number of benzene rings is 4. The van der Waals surface area contributed by atoms with Gasteiger partial charge in [-0.15, -0.1) is 0 Å². The zero-order chi connectivity index (χ0) is 69.5. The Labute approximate surface area is 562 Å². The molecule has 2 aliphatic heterocycles. The summed E-state index contributed by atoms with van der Waals surface area (Å²) in [5.41, 5.74) is 8.19. The fourth-order valence-corrected chi connectivity index (χ4v) is 13.4. The Morgan fingerprint density at radius 3 is 1.84 bits per heavy atom. The molecule has 10 amide bonds. The number of imidazole rings is 1. The predicted molar refractivity (Wildman–Crippen MR) is 354 cm³/mol. The van der Waals surface area contributed by atoms with Crippen molar-refractivity contribution >= 4 is 110 Å². The number of phenolic OH excluding ortho intramolecular Hbond substituents is 1. The number of carboxylic acids is 1. The zero-order valence-electron chi connectivity index (χ0n) is 52.8. The topological polar surface area (TPSA) is 414 Å². The van der Waals surface area contributed by atoms with E-state index in [2.05, 4.69) is 62.5 Å². The number of primary amides is 1. The summed E-state index contributed by atoms with van der Waals surface area (Å²) in [6.07, 6.45) is 3.39. The van der Waals surface area contributed by atoms with Gasteiger partial charge in [-0.1, -0.05) is 36.4 Å². The van der Waals surface area contributed by atoms with Crippen LogP contribution in [-0.4, -0.2) is 173 Å². The molecule has 15 N–H and O–H groups in total. The zero-order valence-corrected chi connectivity index (χ0v) is 54.4. The summed E-state index contributed by atoms with van der Waals surface area (Å²) >= 11 is 2.78. The number of carbonyl (C=O) groups is 11. The number of nitrogens with zero attached hydrogens (tertiary/aromatic N) is 2. The highest BCUT2D eigenvalue weighted by molar-refractivity contribution is 7.98. The molecule has 0 radical (unpaired) electrons. The molecule has 1 fully saturated rings. The van der Waals surface area contributed by atoms with Gasteiger partial charge in [0.05, 0.1) is 19.3 Å². The lowest BCUT2D eigenvalue weighted by Crippen LogP contribution is -2.63. The highest BCUT2D eigenvalue weighted by atomic mass is 32.2. The van der Waals surface area contributed by atoms with Crippen molar-refractivity contribution < 1.29 is 71.7 Å². The number of carbonyl (C=O) groups excluding carboxylic acids is 10. The number of carboxylic acid groups (broad SMARTS) is 1. The van der Waals surface area contributed by atoms with Gasteiger partial charge in [0.2, 0.25) is 59.1 Å². The Kier molecular flexibility index (Phi) is 23.7. The lowest BCUT2D eigenvalue weighted by atomic mass is 9.95. The van der Waals surface area contributed by atoms with E-state index in [0.717, 1.165) is 17.2 Å². The van der Waals surface area contributed by atoms with Crippen molar-refractivity contribution in [1.29, 1.82) is 0 Å². The second kappa shape index (κ2) is 32.4. The maximum atomic E-state index is 15.2. The molecule has 0 unspecified atom stereocenters. The Hall–Kier alpha value is -10.3. The number of aromatic amines is 3. The maximum Gasteiger partial charge on any atom is 0.305 e. The first-order chi connectivity index (χ1) is 46.4. The summed E-state index contributed by atoms with van der Waals surface area (Å²) in [4.78, 5) is 169. The van der Waals surface area contributed by atoms with Crippen LogP contribution < -0.4 is 48.3 Å². The van der Waals surface area contributed by atoms with Crippen LogP contribution in [0, 0.1) is 11.6 Å². The fraction of sp³-hybridized carbons (Fsp3) is 0.364. The van der Waals surface area contributed by atoms with Crippen molar-refractivity contribution in [2.24, 2.45) is 5.73 Å². The number of hydrogen-bond donors (Lipinski definition) is 14. The number of aliphatic carboxylic acids is 1. The van der Waals surface area contributed by atoms with Gasteiger partial charge in [-0.2, -0.15) is 23.5 Å². The van der Waals surface area contributed by atoms with Crippen LogP contribution in [0.2, 0.25) is 0 Å².